The van der Waals surface area contributed by atoms with Crippen LogP contribution >= 0.6 is 11.3 Å². The third-order valence-corrected chi connectivity index (χ3v) is 4.75. The molecule has 0 aliphatic carbocycles. The monoisotopic (exact) mass is 277 g/mol. The summed E-state index contributed by atoms with van der Waals surface area (Å²) in [4.78, 5) is 4.99. The molecule has 1 aliphatic rings. The second-order valence-corrected chi connectivity index (χ2v) is 7.19. The Morgan fingerprint density at radius 1 is 1.32 bits per heavy atom. The van der Waals surface area contributed by atoms with E-state index in [1.165, 1.54) is 37.2 Å². The van der Waals surface area contributed by atoms with Crippen LogP contribution in [-0.4, -0.2) is 29.7 Å². The van der Waals surface area contributed by atoms with Gasteiger partial charge >= 0.3 is 0 Å². The Labute approximate surface area is 120 Å². The third-order valence-electron chi connectivity index (χ3n) is 3.76. The Balaban J connectivity index is 1.92. The van der Waals surface area contributed by atoms with Gasteiger partial charge in [-0.15, -0.1) is 11.3 Å². The van der Waals surface area contributed by atoms with Gasteiger partial charge in [0.25, 0.3) is 0 Å². The number of nitrogens with zero attached hydrogens (tertiary/aromatic N) is 1. The Morgan fingerprint density at radius 3 is 2.95 bits per heavy atom. The molecule has 1 aliphatic heterocycles. The minimum atomic E-state index is -0.0611. The third kappa shape index (κ3) is 4.65. The fourth-order valence-electron chi connectivity index (χ4n) is 2.51. The van der Waals surface area contributed by atoms with E-state index in [1.807, 2.05) is 0 Å². The van der Waals surface area contributed by atoms with Crippen molar-refractivity contribution in [2.24, 2.45) is 5.41 Å². The van der Waals surface area contributed by atoms with E-state index in [4.69, 9.17) is 5.11 Å². The highest BCUT2D eigenvalue weighted by molar-refractivity contribution is 7.12. The smallest absolute Gasteiger partial charge is 0.104 e. The van der Waals surface area contributed by atoms with Crippen molar-refractivity contribution in [1.29, 1.82) is 0 Å². The molecular weight excluding hydrogens is 254 g/mol. The van der Waals surface area contributed by atoms with Gasteiger partial charge < -0.3 is 5.11 Å². The van der Waals surface area contributed by atoms with Gasteiger partial charge in [0.1, 0.15) is 6.61 Å². The first kappa shape index (κ1) is 14.6. The van der Waals surface area contributed by atoms with Gasteiger partial charge in [-0.1, -0.05) is 25.7 Å². The summed E-state index contributed by atoms with van der Waals surface area (Å²) in [5.74, 6) is 5.68. The van der Waals surface area contributed by atoms with Crippen LogP contribution in [0.5, 0.6) is 0 Å². The molecule has 0 unspecified atom stereocenters. The molecule has 104 valence electrons. The lowest BCUT2D eigenvalue weighted by molar-refractivity contribution is 0.257. The van der Waals surface area contributed by atoms with E-state index in [2.05, 4.69) is 42.7 Å². The fourth-order valence-corrected chi connectivity index (χ4v) is 3.44. The lowest BCUT2D eigenvalue weighted by Crippen LogP contribution is -2.24. The molecule has 3 heteroatoms. The summed E-state index contributed by atoms with van der Waals surface area (Å²) in [5, 5.41) is 8.70. The van der Waals surface area contributed by atoms with Gasteiger partial charge in [0, 0.05) is 11.4 Å². The molecule has 0 atom stereocenters. The van der Waals surface area contributed by atoms with Crippen LogP contribution in [0, 0.1) is 17.3 Å². The summed E-state index contributed by atoms with van der Waals surface area (Å²) >= 11 is 1.75. The van der Waals surface area contributed by atoms with Crippen LogP contribution < -0.4 is 0 Å². The predicted molar refractivity (Wildman–Crippen MR) is 81.2 cm³/mol. The quantitative estimate of drug-likeness (QED) is 0.840. The summed E-state index contributed by atoms with van der Waals surface area (Å²) in [6.45, 7) is 8.14. The second kappa shape index (κ2) is 6.56. The van der Waals surface area contributed by atoms with E-state index in [9.17, 15) is 0 Å². The minimum Gasteiger partial charge on any atom is -0.384 e. The lowest BCUT2D eigenvalue weighted by atomic mass is 9.85. The Bertz CT molecular complexity index is 467. The molecule has 0 bridgehead atoms. The van der Waals surface area contributed by atoms with Gasteiger partial charge in [0.15, 0.2) is 0 Å². The van der Waals surface area contributed by atoms with Gasteiger partial charge in [-0.05, 0) is 49.9 Å². The van der Waals surface area contributed by atoms with Crippen molar-refractivity contribution >= 4 is 11.3 Å². The molecule has 2 heterocycles. The summed E-state index contributed by atoms with van der Waals surface area (Å²) in [5.41, 5.74) is 0.502. The number of aliphatic hydroxyl groups excluding tert-OH is 1. The van der Waals surface area contributed by atoms with Crippen LogP contribution in [0.15, 0.2) is 12.1 Å². The molecule has 0 saturated carbocycles. The molecule has 0 spiro atoms. The largest absolute Gasteiger partial charge is 0.384 e. The van der Waals surface area contributed by atoms with E-state index in [1.54, 1.807) is 11.3 Å². The number of hydrogen-bond donors (Lipinski definition) is 1. The number of likely N-dealkylation sites (tertiary alicyclic amines) is 1. The Kier molecular flexibility index (Phi) is 5.04. The molecule has 0 radical (unpaired) electrons. The average molecular weight is 277 g/mol. The van der Waals surface area contributed by atoms with E-state index < -0.39 is 0 Å². The van der Waals surface area contributed by atoms with Crippen LogP contribution in [-0.2, 0) is 6.54 Å². The standard InChI is InChI=1S/C16H23NOS/c1-16(2)8-4-10-17(11-9-16)13-15-7-6-14(19-15)5-3-12-18/h6-7,18H,4,8-13H2,1-2H3. The first-order chi connectivity index (χ1) is 9.09. The van der Waals surface area contributed by atoms with Crippen LogP contribution in [0.25, 0.3) is 0 Å². The van der Waals surface area contributed by atoms with Gasteiger partial charge in [0.05, 0.1) is 4.88 Å². The molecular formula is C16H23NOS. The zero-order chi connectivity index (χ0) is 13.7. The average Bonchev–Trinajstić information content (AvgIpc) is 2.73. The molecule has 0 aromatic carbocycles. The highest BCUT2D eigenvalue weighted by Gasteiger charge is 2.23. The topological polar surface area (TPSA) is 23.5 Å². The van der Waals surface area contributed by atoms with Crippen molar-refractivity contribution in [1.82, 2.24) is 4.90 Å². The van der Waals surface area contributed by atoms with Gasteiger partial charge in [-0.25, -0.2) is 0 Å². The Morgan fingerprint density at radius 2 is 2.16 bits per heavy atom. The minimum absolute atomic E-state index is 0.0611. The van der Waals surface area contributed by atoms with E-state index >= 15 is 0 Å². The van der Waals surface area contributed by atoms with Crippen LogP contribution in [0.2, 0.25) is 0 Å². The van der Waals surface area contributed by atoms with Crippen molar-refractivity contribution in [3.63, 3.8) is 0 Å². The Hall–Kier alpha value is -0.820. The first-order valence-electron chi connectivity index (χ1n) is 7.00. The van der Waals surface area contributed by atoms with E-state index in [0.29, 0.717) is 5.41 Å². The molecule has 1 aromatic rings. The SMILES string of the molecule is CC1(C)CCCN(Cc2ccc(C#CCO)s2)CC1. The van der Waals surface area contributed by atoms with Crippen molar-refractivity contribution in [2.45, 2.75) is 39.7 Å². The number of rotatable bonds is 2. The molecule has 1 N–H and O–H groups in total. The summed E-state index contributed by atoms with van der Waals surface area (Å²) in [7, 11) is 0. The maximum Gasteiger partial charge on any atom is 0.104 e. The summed E-state index contributed by atoms with van der Waals surface area (Å²) < 4.78 is 0. The van der Waals surface area contributed by atoms with E-state index in [0.717, 1.165) is 11.4 Å². The predicted octanol–water partition coefficient (Wildman–Crippen LogP) is 3.10. The van der Waals surface area contributed by atoms with E-state index in [-0.39, 0.29) is 6.61 Å². The molecule has 19 heavy (non-hydrogen) atoms. The number of thiophene rings is 1. The normalized spacial score (nSPS) is 19.5. The summed E-state index contributed by atoms with van der Waals surface area (Å²) in [6.07, 6.45) is 3.92. The highest BCUT2D eigenvalue weighted by atomic mass is 32.1. The van der Waals surface area contributed by atoms with Crippen molar-refractivity contribution in [3.8, 4) is 11.8 Å². The maximum atomic E-state index is 8.70. The number of aliphatic hydroxyl groups is 1. The molecule has 2 nitrogen and oxygen atoms in total. The first-order valence-corrected chi connectivity index (χ1v) is 7.81. The maximum absolute atomic E-state index is 8.70. The summed E-state index contributed by atoms with van der Waals surface area (Å²) in [6, 6.07) is 4.23. The van der Waals surface area contributed by atoms with Gasteiger partial charge in [0.2, 0.25) is 0 Å². The lowest BCUT2D eigenvalue weighted by Gasteiger charge is -2.22. The zero-order valence-corrected chi connectivity index (χ0v) is 12.7. The second-order valence-electron chi connectivity index (χ2n) is 6.02. The number of hydrogen-bond acceptors (Lipinski definition) is 3. The zero-order valence-electron chi connectivity index (χ0n) is 11.9. The van der Waals surface area contributed by atoms with Gasteiger partial charge in [-0.2, -0.15) is 0 Å². The van der Waals surface area contributed by atoms with Crippen molar-refractivity contribution in [3.05, 3.63) is 21.9 Å². The molecule has 0 amide bonds. The van der Waals surface area contributed by atoms with Crippen molar-refractivity contribution < 1.29 is 5.11 Å². The van der Waals surface area contributed by atoms with Gasteiger partial charge in [-0.3, -0.25) is 4.90 Å². The highest BCUT2D eigenvalue weighted by Crippen LogP contribution is 2.30. The molecule has 2 rings (SSSR count). The molecule has 1 saturated heterocycles. The molecule has 1 aromatic heterocycles. The van der Waals surface area contributed by atoms with Crippen LogP contribution in [0.3, 0.4) is 0 Å². The van der Waals surface area contributed by atoms with Crippen molar-refractivity contribution in [2.75, 3.05) is 19.7 Å². The molecule has 1 fully saturated rings. The van der Waals surface area contributed by atoms with Crippen LogP contribution in [0.4, 0.5) is 0 Å². The van der Waals surface area contributed by atoms with Crippen LogP contribution in [0.1, 0.15) is 42.9 Å². The fraction of sp³-hybridized carbons (Fsp3) is 0.625.